The van der Waals surface area contributed by atoms with E-state index >= 15 is 0 Å². The molecule has 1 heterocycles. The fourth-order valence-electron chi connectivity index (χ4n) is 2.50. The molecular weight excluding hydrogens is 298 g/mol. The number of hydrogen-bond donors (Lipinski definition) is 0. The van der Waals surface area contributed by atoms with Crippen molar-refractivity contribution >= 4 is 10.9 Å². The van der Waals surface area contributed by atoms with Gasteiger partial charge < -0.3 is 9.47 Å². The number of hydrogen-bond acceptors (Lipinski definition) is 3. The summed E-state index contributed by atoms with van der Waals surface area (Å²) in [6.07, 6.45) is 4.04. The maximum atomic E-state index is 5.85. The first-order valence-electron chi connectivity index (χ1n) is 8.09. The van der Waals surface area contributed by atoms with E-state index in [4.69, 9.17) is 9.47 Å². The summed E-state index contributed by atoms with van der Waals surface area (Å²) in [5, 5.41) is 1.11. The second-order valence-electron chi connectivity index (χ2n) is 5.77. The second kappa shape index (κ2) is 7.18. The third-order valence-corrected chi connectivity index (χ3v) is 3.65. The van der Waals surface area contributed by atoms with Gasteiger partial charge in [0.05, 0.1) is 5.52 Å². The van der Waals surface area contributed by atoms with Crippen LogP contribution in [0, 0.1) is 6.92 Å². The van der Waals surface area contributed by atoms with Crippen LogP contribution in [-0.2, 0) is 0 Å². The van der Waals surface area contributed by atoms with Gasteiger partial charge >= 0.3 is 0 Å². The monoisotopic (exact) mass is 319 g/mol. The average molecular weight is 319 g/mol. The van der Waals surface area contributed by atoms with Gasteiger partial charge in [0.1, 0.15) is 17.6 Å². The van der Waals surface area contributed by atoms with Crippen LogP contribution in [0.2, 0.25) is 0 Å². The van der Waals surface area contributed by atoms with Crippen LogP contribution in [0.3, 0.4) is 0 Å². The Morgan fingerprint density at radius 1 is 0.958 bits per heavy atom. The highest BCUT2D eigenvalue weighted by Gasteiger charge is 2.03. The topological polar surface area (TPSA) is 31.4 Å². The van der Waals surface area contributed by atoms with E-state index in [0.29, 0.717) is 5.88 Å². The zero-order chi connectivity index (χ0) is 16.9. The molecule has 0 radical (unpaired) electrons. The minimum absolute atomic E-state index is 0.0483. The van der Waals surface area contributed by atoms with E-state index in [0.717, 1.165) is 22.4 Å². The lowest BCUT2D eigenvalue weighted by Crippen LogP contribution is -2.07. The van der Waals surface area contributed by atoms with E-state index in [1.165, 1.54) is 5.56 Å². The van der Waals surface area contributed by atoms with Crippen molar-refractivity contribution in [3.8, 4) is 17.4 Å². The highest BCUT2D eigenvalue weighted by Crippen LogP contribution is 2.25. The third kappa shape index (κ3) is 3.93. The van der Waals surface area contributed by atoms with Gasteiger partial charge in [0.15, 0.2) is 0 Å². The smallest absolute Gasteiger partial charge is 0.219 e. The van der Waals surface area contributed by atoms with Gasteiger partial charge in [-0.15, -0.1) is 0 Å². The Hall–Kier alpha value is -2.81. The van der Waals surface area contributed by atoms with Crippen LogP contribution in [0.15, 0.2) is 66.7 Å². The van der Waals surface area contributed by atoms with E-state index in [9.17, 15) is 0 Å². The molecule has 0 aliphatic heterocycles. The quantitative estimate of drug-likeness (QED) is 0.567. The van der Waals surface area contributed by atoms with E-state index in [1.54, 1.807) is 0 Å². The molecule has 1 aromatic heterocycles. The summed E-state index contributed by atoms with van der Waals surface area (Å²) in [5.74, 6) is 2.14. The summed E-state index contributed by atoms with van der Waals surface area (Å²) >= 11 is 0. The molecular formula is C21H21NO2. The minimum Gasteiger partial charge on any atom is -0.487 e. The molecule has 1 atom stereocenters. The van der Waals surface area contributed by atoms with Gasteiger partial charge in [0.25, 0.3) is 0 Å². The van der Waals surface area contributed by atoms with E-state index in [1.807, 2.05) is 62.4 Å². The molecule has 0 aliphatic carbocycles. The number of pyridine rings is 1. The molecule has 0 bridgehead atoms. The normalized spacial score (nSPS) is 12.5. The molecule has 0 saturated heterocycles. The molecule has 0 N–H and O–H groups in total. The van der Waals surface area contributed by atoms with Crippen molar-refractivity contribution in [2.45, 2.75) is 26.9 Å². The minimum atomic E-state index is 0.0483. The molecule has 1 unspecified atom stereocenters. The van der Waals surface area contributed by atoms with Crippen molar-refractivity contribution in [1.29, 1.82) is 0 Å². The number of aromatic nitrogens is 1. The van der Waals surface area contributed by atoms with Gasteiger partial charge in [-0.25, -0.2) is 4.98 Å². The number of aryl methyl sites for hydroxylation is 1. The van der Waals surface area contributed by atoms with Gasteiger partial charge in [-0.05, 0) is 68.8 Å². The highest BCUT2D eigenvalue weighted by atomic mass is 16.5. The van der Waals surface area contributed by atoms with Gasteiger partial charge in [-0.2, -0.15) is 0 Å². The predicted molar refractivity (Wildman–Crippen MR) is 97.9 cm³/mol. The summed E-state index contributed by atoms with van der Waals surface area (Å²) in [7, 11) is 0. The summed E-state index contributed by atoms with van der Waals surface area (Å²) in [6.45, 7) is 6.04. The Bertz CT molecular complexity index is 853. The van der Waals surface area contributed by atoms with Crippen molar-refractivity contribution in [3.63, 3.8) is 0 Å². The van der Waals surface area contributed by atoms with Crippen molar-refractivity contribution in [3.05, 3.63) is 72.3 Å². The molecule has 3 rings (SSSR count). The highest BCUT2D eigenvalue weighted by molar-refractivity contribution is 5.79. The van der Waals surface area contributed by atoms with Crippen LogP contribution in [0.1, 0.15) is 19.4 Å². The average Bonchev–Trinajstić information content (AvgIpc) is 2.56. The number of nitrogens with zero attached hydrogens (tertiary/aromatic N) is 1. The molecule has 3 heteroatoms. The van der Waals surface area contributed by atoms with Crippen LogP contribution < -0.4 is 9.47 Å². The summed E-state index contributed by atoms with van der Waals surface area (Å²) < 4.78 is 11.6. The number of fused-ring (bicyclic) bond motifs is 1. The zero-order valence-corrected chi connectivity index (χ0v) is 14.2. The largest absolute Gasteiger partial charge is 0.487 e. The number of allylic oxidation sites excluding steroid dienone is 1. The zero-order valence-electron chi connectivity index (χ0n) is 14.2. The van der Waals surface area contributed by atoms with E-state index in [2.05, 4.69) is 30.1 Å². The van der Waals surface area contributed by atoms with Gasteiger partial charge in [-0.3, -0.25) is 0 Å². The predicted octanol–water partition coefficient (Wildman–Crippen LogP) is 5.68. The summed E-state index contributed by atoms with van der Waals surface area (Å²) in [6, 6.07) is 17.7. The van der Waals surface area contributed by atoms with Crippen LogP contribution in [0.5, 0.6) is 17.4 Å². The first-order chi connectivity index (χ1) is 11.6. The molecule has 122 valence electrons. The molecule has 0 saturated carbocycles. The Morgan fingerprint density at radius 3 is 2.42 bits per heavy atom. The molecule has 3 nitrogen and oxygen atoms in total. The van der Waals surface area contributed by atoms with E-state index < -0.39 is 0 Å². The maximum absolute atomic E-state index is 5.85. The Balaban J connectivity index is 1.74. The molecule has 3 aromatic rings. The Morgan fingerprint density at radius 2 is 1.67 bits per heavy atom. The number of ether oxygens (including phenoxy) is 2. The lowest BCUT2D eigenvalue weighted by molar-refractivity contribution is 0.269. The lowest BCUT2D eigenvalue weighted by atomic mass is 10.1. The van der Waals surface area contributed by atoms with E-state index in [-0.39, 0.29) is 6.10 Å². The Kier molecular flexibility index (Phi) is 4.80. The van der Waals surface area contributed by atoms with Gasteiger partial charge in [-0.1, -0.05) is 18.2 Å². The summed E-state index contributed by atoms with van der Waals surface area (Å²) in [4.78, 5) is 4.56. The van der Waals surface area contributed by atoms with Gasteiger partial charge in [0, 0.05) is 11.5 Å². The molecule has 0 fully saturated rings. The lowest BCUT2D eigenvalue weighted by Gasteiger charge is -2.11. The molecule has 0 amide bonds. The number of rotatable bonds is 5. The maximum Gasteiger partial charge on any atom is 0.219 e. The van der Waals surface area contributed by atoms with Crippen molar-refractivity contribution in [2.75, 3.05) is 0 Å². The van der Waals surface area contributed by atoms with Crippen LogP contribution in [0.4, 0.5) is 0 Å². The van der Waals surface area contributed by atoms with Crippen LogP contribution in [0.25, 0.3) is 10.9 Å². The van der Waals surface area contributed by atoms with Gasteiger partial charge in [0.2, 0.25) is 5.88 Å². The SMILES string of the molecule is CC=CC(C)Oc1ccc(Oc2ccc3ccc(C)cc3n2)cc1. The third-order valence-electron chi connectivity index (χ3n) is 3.65. The van der Waals surface area contributed by atoms with Crippen LogP contribution in [-0.4, -0.2) is 11.1 Å². The molecule has 24 heavy (non-hydrogen) atoms. The van der Waals surface area contributed by atoms with Crippen molar-refractivity contribution in [1.82, 2.24) is 4.98 Å². The fraction of sp³-hybridized carbons (Fsp3) is 0.190. The molecule has 0 spiro atoms. The first kappa shape index (κ1) is 16.1. The standard InChI is InChI=1S/C21H21NO2/c1-4-5-16(3)23-18-9-11-19(12-10-18)24-21-13-8-17-7-6-15(2)14-20(17)22-21/h4-14,16H,1-3H3. The van der Waals surface area contributed by atoms with Crippen LogP contribution >= 0.6 is 0 Å². The second-order valence-corrected chi connectivity index (χ2v) is 5.77. The number of benzene rings is 2. The van der Waals surface area contributed by atoms with Crippen molar-refractivity contribution < 1.29 is 9.47 Å². The first-order valence-corrected chi connectivity index (χ1v) is 8.09. The Labute approximate surface area is 142 Å². The summed E-state index contributed by atoms with van der Waals surface area (Å²) in [5.41, 5.74) is 2.12. The molecule has 0 aliphatic rings. The fourth-order valence-corrected chi connectivity index (χ4v) is 2.50. The van der Waals surface area contributed by atoms with Crippen molar-refractivity contribution in [2.24, 2.45) is 0 Å². The molecule has 2 aromatic carbocycles.